The smallest absolute Gasteiger partial charge is 0.131 e. The zero-order valence-electron chi connectivity index (χ0n) is 27.7. The van der Waals surface area contributed by atoms with Gasteiger partial charge in [-0.25, -0.2) is 4.99 Å². The summed E-state index contributed by atoms with van der Waals surface area (Å²) < 4.78 is 0. The Morgan fingerprint density at radius 1 is 0.510 bits per heavy atom. The third kappa shape index (κ3) is 5.06. The minimum absolute atomic E-state index is 0.0622. The van der Waals surface area contributed by atoms with Crippen molar-refractivity contribution in [2.24, 2.45) is 4.99 Å². The zero-order chi connectivity index (χ0) is 33.0. The zero-order valence-corrected chi connectivity index (χ0v) is 27.7. The molecule has 0 aromatic heterocycles. The van der Waals surface area contributed by atoms with E-state index < -0.39 is 0 Å². The molecule has 2 N–H and O–H groups in total. The van der Waals surface area contributed by atoms with Crippen molar-refractivity contribution >= 4 is 16.6 Å². The molecule has 3 heteroatoms. The Kier molecular flexibility index (Phi) is 7.03. The normalized spacial score (nSPS) is 17.6. The summed E-state index contributed by atoms with van der Waals surface area (Å²) in [7, 11) is 0. The second kappa shape index (κ2) is 11.7. The van der Waals surface area contributed by atoms with Crippen molar-refractivity contribution < 1.29 is 0 Å². The summed E-state index contributed by atoms with van der Waals surface area (Å²) in [6.45, 7) is 4.72. The Balaban J connectivity index is 1.11. The van der Waals surface area contributed by atoms with Gasteiger partial charge in [-0.1, -0.05) is 166 Å². The molecule has 0 amide bonds. The summed E-state index contributed by atoms with van der Waals surface area (Å²) in [5.41, 5.74) is 13.7. The number of hydrogen-bond acceptors (Lipinski definition) is 3. The predicted octanol–water partition coefficient (Wildman–Crippen LogP) is 10.8. The first kappa shape index (κ1) is 29.4. The maximum Gasteiger partial charge on any atom is 0.131 e. The standard InChI is InChI=1S/C46H37N3/c1-46(2)39-23-12-11-22-38(39)42-40(46)29-35-18-9-10-21-37(35)41(42)36-20-13-19-34(28-36)30-24-26-33(27-25-30)45-48-43(31-14-5-3-6-15-31)47-44(49-45)32-16-7-4-8-17-32/h3-29,43-44,47H,1-2H3,(H,48,49). The summed E-state index contributed by atoms with van der Waals surface area (Å²) in [5, 5.41) is 9.93. The fourth-order valence-corrected chi connectivity index (χ4v) is 7.81. The van der Waals surface area contributed by atoms with Crippen LogP contribution in [0.25, 0.3) is 44.2 Å². The van der Waals surface area contributed by atoms with Gasteiger partial charge in [0.2, 0.25) is 0 Å². The Morgan fingerprint density at radius 2 is 1.16 bits per heavy atom. The van der Waals surface area contributed by atoms with Crippen LogP contribution in [0.5, 0.6) is 0 Å². The molecule has 0 saturated heterocycles. The molecule has 7 aromatic rings. The van der Waals surface area contributed by atoms with Gasteiger partial charge in [0, 0.05) is 11.0 Å². The molecule has 0 radical (unpaired) electrons. The summed E-state index contributed by atoms with van der Waals surface area (Å²) in [5.74, 6) is 0.884. The van der Waals surface area contributed by atoms with Crippen molar-refractivity contribution in [2.75, 3.05) is 0 Å². The van der Waals surface area contributed by atoms with Crippen LogP contribution in [0, 0.1) is 0 Å². The van der Waals surface area contributed by atoms with E-state index in [1.807, 2.05) is 6.07 Å². The molecule has 1 heterocycles. The number of nitrogens with zero attached hydrogens (tertiary/aromatic N) is 1. The van der Waals surface area contributed by atoms with Gasteiger partial charge in [0.15, 0.2) is 0 Å². The van der Waals surface area contributed by atoms with Crippen LogP contribution >= 0.6 is 0 Å². The topological polar surface area (TPSA) is 36.4 Å². The molecule has 9 rings (SSSR count). The minimum Gasteiger partial charge on any atom is -0.350 e. The molecule has 2 unspecified atom stereocenters. The molecule has 0 spiro atoms. The van der Waals surface area contributed by atoms with Crippen molar-refractivity contribution in [1.82, 2.24) is 10.6 Å². The number of aliphatic imine (C=N–C) groups is 1. The number of nitrogens with one attached hydrogen (secondary N) is 2. The van der Waals surface area contributed by atoms with Crippen molar-refractivity contribution in [3.8, 4) is 33.4 Å². The number of hydrogen-bond donors (Lipinski definition) is 2. The Bertz CT molecular complexity index is 2360. The monoisotopic (exact) mass is 631 g/mol. The highest BCUT2D eigenvalue weighted by molar-refractivity contribution is 6.08. The van der Waals surface area contributed by atoms with Crippen LogP contribution in [-0.2, 0) is 5.41 Å². The van der Waals surface area contributed by atoms with Gasteiger partial charge in [-0.05, 0) is 78.5 Å². The highest BCUT2D eigenvalue weighted by Crippen LogP contribution is 2.54. The molecule has 1 aliphatic carbocycles. The van der Waals surface area contributed by atoms with Gasteiger partial charge in [0.05, 0.1) is 0 Å². The van der Waals surface area contributed by atoms with Crippen molar-refractivity contribution in [2.45, 2.75) is 31.6 Å². The molecule has 1 aliphatic heterocycles. The third-order valence-corrected chi connectivity index (χ3v) is 10.3. The van der Waals surface area contributed by atoms with Crippen LogP contribution in [-0.4, -0.2) is 5.84 Å². The van der Waals surface area contributed by atoms with Crippen LogP contribution in [0.15, 0.2) is 169 Å². The SMILES string of the molecule is CC1(C)c2ccccc2-c2c1cc1ccccc1c2-c1cccc(-c2ccc(C3=NC(c4ccccc4)NC(c4ccccc4)N3)cc2)c1. The van der Waals surface area contributed by atoms with Crippen LogP contribution in [0.4, 0.5) is 0 Å². The van der Waals surface area contributed by atoms with Gasteiger partial charge in [-0.2, -0.15) is 0 Å². The lowest BCUT2D eigenvalue weighted by molar-refractivity contribution is 0.409. The van der Waals surface area contributed by atoms with Crippen LogP contribution in [0.2, 0.25) is 0 Å². The first-order valence-corrected chi connectivity index (χ1v) is 17.1. The number of rotatable bonds is 5. The second-order valence-electron chi connectivity index (χ2n) is 13.7. The third-order valence-electron chi connectivity index (χ3n) is 10.3. The molecule has 7 aromatic carbocycles. The average Bonchev–Trinajstić information content (AvgIpc) is 3.40. The van der Waals surface area contributed by atoms with E-state index in [2.05, 4.69) is 182 Å². The molecule has 0 saturated carbocycles. The van der Waals surface area contributed by atoms with Crippen molar-refractivity contribution in [1.29, 1.82) is 0 Å². The number of fused-ring (bicyclic) bond motifs is 4. The molecule has 2 aliphatic rings. The largest absolute Gasteiger partial charge is 0.350 e. The fraction of sp³-hybridized carbons (Fsp3) is 0.109. The average molecular weight is 632 g/mol. The Labute approximate surface area is 288 Å². The second-order valence-corrected chi connectivity index (χ2v) is 13.7. The lowest BCUT2D eigenvalue weighted by atomic mass is 9.80. The molecule has 0 bridgehead atoms. The van der Waals surface area contributed by atoms with E-state index in [1.54, 1.807) is 0 Å². The van der Waals surface area contributed by atoms with E-state index in [9.17, 15) is 0 Å². The quantitative estimate of drug-likeness (QED) is 0.198. The number of benzene rings is 7. The highest BCUT2D eigenvalue weighted by atomic mass is 15.3. The number of amidine groups is 1. The Morgan fingerprint density at radius 3 is 1.96 bits per heavy atom. The molecular weight excluding hydrogens is 595 g/mol. The molecule has 49 heavy (non-hydrogen) atoms. The van der Waals surface area contributed by atoms with Gasteiger partial charge < -0.3 is 5.32 Å². The van der Waals surface area contributed by atoms with E-state index in [1.165, 1.54) is 60.8 Å². The maximum atomic E-state index is 5.14. The molecule has 3 nitrogen and oxygen atoms in total. The van der Waals surface area contributed by atoms with Gasteiger partial charge in [0.1, 0.15) is 18.2 Å². The van der Waals surface area contributed by atoms with Gasteiger partial charge in [0.25, 0.3) is 0 Å². The lowest BCUT2D eigenvalue weighted by Crippen LogP contribution is -2.44. The first-order chi connectivity index (χ1) is 24.0. The van der Waals surface area contributed by atoms with Crippen LogP contribution in [0.3, 0.4) is 0 Å². The van der Waals surface area contributed by atoms with E-state index >= 15 is 0 Å². The van der Waals surface area contributed by atoms with E-state index in [-0.39, 0.29) is 17.7 Å². The maximum absolute atomic E-state index is 5.14. The van der Waals surface area contributed by atoms with Crippen LogP contribution < -0.4 is 10.6 Å². The molecule has 0 fully saturated rings. The summed E-state index contributed by atoms with van der Waals surface area (Å²) in [4.78, 5) is 5.14. The van der Waals surface area contributed by atoms with Gasteiger partial charge in [-0.15, -0.1) is 0 Å². The van der Waals surface area contributed by atoms with Gasteiger partial charge in [-0.3, -0.25) is 5.32 Å². The minimum atomic E-state index is -0.156. The first-order valence-electron chi connectivity index (χ1n) is 17.1. The van der Waals surface area contributed by atoms with Crippen molar-refractivity contribution in [3.05, 3.63) is 192 Å². The summed E-state index contributed by atoms with van der Waals surface area (Å²) in [6.07, 6.45) is -0.218. The fourth-order valence-electron chi connectivity index (χ4n) is 7.81. The van der Waals surface area contributed by atoms with E-state index in [0.29, 0.717) is 0 Å². The predicted molar refractivity (Wildman–Crippen MR) is 204 cm³/mol. The summed E-state index contributed by atoms with van der Waals surface area (Å²) in [6, 6.07) is 59.1. The highest BCUT2D eigenvalue weighted by Gasteiger charge is 2.37. The summed E-state index contributed by atoms with van der Waals surface area (Å²) >= 11 is 0. The van der Waals surface area contributed by atoms with E-state index in [0.717, 1.165) is 17.0 Å². The van der Waals surface area contributed by atoms with Crippen LogP contribution in [0.1, 0.15) is 54.0 Å². The molecule has 2 atom stereocenters. The molecule has 236 valence electrons. The lowest BCUT2D eigenvalue weighted by Gasteiger charge is -2.32. The van der Waals surface area contributed by atoms with Gasteiger partial charge >= 0.3 is 0 Å². The van der Waals surface area contributed by atoms with E-state index in [4.69, 9.17) is 4.99 Å². The molecular formula is C46H37N3. The van der Waals surface area contributed by atoms with Crippen molar-refractivity contribution in [3.63, 3.8) is 0 Å². The Hall–Kier alpha value is -5.77.